The summed E-state index contributed by atoms with van der Waals surface area (Å²) in [6, 6.07) is 6.87. The third-order valence-corrected chi connectivity index (χ3v) is 3.77. The molecule has 3 N–H and O–H groups in total. The number of hydrogen-bond donors (Lipinski definition) is 2. The number of aryl methyl sites for hydroxylation is 1. The lowest BCUT2D eigenvalue weighted by Crippen LogP contribution is -2.41. The van der Waals surface area contributed by atoms with Crippen molar-refractivity contribution in [1.29, 1.82) is 0 Å². The Morgan fingerprint density at radius 2 is 2.17 bits per heavy atom. The Balaban J connectivity index is 1.86. The average Bonchev–Trinajstić information content (AvgIpc) is 2.36. The van der Waals surface area contributed by atoms with Gasteiger partial charge in [-0.1, -0.05) is 19.1 Å². The molecule has 0 bridgehead atoms. The highest BCUT2D eigenvalue weighted by Crippen LogP contribution is 2.25. The Morgan fingerprint density at radius 3 is 2.78 bits per heavy atom. The van der Waals surface area contributed by atoms with E-state index in [2.05, 4.69) is 30.4 Å². The molecule has 0 saturated heterocycles. The van der Waals surface area contributed by atoms with Gasteiger partial charge in [0.15, 0.2) is 0 Å². The third-order valence-electron chi connectivity index (χ3n) is 3.77. The second-order valence-corrected chi connectivity index (χ2v) is 5.23. The predicted octanol–water partition coefficient (Wildman–Crippen LogP) is 2.08. The summed E-state index contributed by atoms with van der Waals surface area (Å²) in [6.45, 7) is 4.12. The molecular weight excluding hydrogens is 224 g/mol. The molecule has 1 aliphatic carbocycles. The normalized spacial score (nSPS) is 22.6. The summed E-state index contributed by atoms with van der Waals surface area (Å²) in [7, 11) is 1.73. The van der Waals surface area contributed by atoms with Gasteiger partial charge in [0.2, 0.25) is 0 Å². The van der Waals surface area contributed by atoms with E-state index in [1.807, 2.05) is 0 Å². The summed E-state index contributed by atoms with van der Waals surface area (Å²) < 4.78 is 5.40. The van der Waals surface area contributed by atoms with Gasteiger partial charge in [-0.15, -0.1) is 0 Å². The molecule has 0 heterocycles. The van der Waals surface area contributed by atoms with Crippen molar-refractivity contribution >= 4 is 0 Å². The Bertz CT molecular complexity index is 386. The Labute approximate surface area is 110 Å². The van der Waals surface area contributed by atoms with Gasteiger partial charge in [-0.3, -0.25) is 0 Å². The van der Waals surface area contributed by atoms with Crippen LogP contribution in [0.3, 0.4) is 0 Å². The minimum absolute atomic E-state index is 0.440. The summed E-state index contributed by atoms with van der Waals surface area (Å²) in [4.78, 5) is 0. The zero-order chi connectivity index (χ0) is 13.0. The van der Waals surface area contributed by atoms with Crippen molar-refractivity contribution < 1.29 is 4.74 Å². The van der Waals surface area contributed by atoms with Crippen molar-refractivity contribution in [3.8, 4) is 5.75 Å². The first-order chi connectivity index (χ1) is 8.72. The SMILES string of the molecule is CCc1ccc(OC)c(CNCC2CC(N)C2)c1. The fraction of sp³-hybridized carbons (Fsp3) is 0.600. The van der Waals surface area contributed by atoms with Crippen LogP contribution in [0, 0.1) is 5.92 Å². The van der Waals surface area contributed by atoms with Crippen molar-refractivity contribution in [2.75, 3.05) is 13.7 Å². The number of methoxy groups -OCH3 is 1. The van der Waals surface area contributed by atoms with E-state index in [-0.39, 0.29) is 0 Å². The lowest BCUT2D eigenvalue weighted by Gasteiger charge is -2.32. The van der Waals surface area contributed by atoms with Crippen LogP contribution in [0.15, 0.2) is 18.2 Å². The molecular formula is C15H24N2O. The molecule has 0 spiro atoms. The highest BCUT2D eigenvalue weighted by Gasteiger charge is 2.25. The first-order valence-corrected chi connectivity index (χ1v) is 6.85. The number of nitrogens with one attached hydrogen (secondary N) is 1. The fourth-order valence-corrected chi connectivity index (χ4v) is 2.55. The summed E-state index contributed by atoms with van der Waals surface area (Å²) in [6.07, 6.45) is 3.40. The number of benzene rings is 1. The van der Waals surface area contributed by atoms with E-state index < -0.39 is 0 Å². The van der Waals surface area contributed by atoms with Crippen LogP contribution in [0.5, 0.6) is 5.75 Å². The summed E-state index contributed by atoms with van der Waals surface area (Å²) >= 11 is 0. The maximum atomic E-state index is 5.79. The van der Waals surface area contributed by atoms with Gasteiger partial charge in [0.1, 0.15) is 5.75 Å². The maximum Gasteiger partial charge on any atom is 0.123 e. The lowest BCUT2D eigenvalue weighted by molar-refractivity contribution is 0.255. The van der Waals surface area contributed by atoms with Gasteiger partial charge < -0.3 is 15.8 Å². The lowest BCUT2D eigenvalue weighted by atomic mass is 9.81. The molecule has 1 saturated carbocycles. The number of rotatable bonds is 6. The van der Waals surface area contributed by atoms with E-state index in [0.717, 1.165) is 31.2 Å². The van der Waals surface area contributed by atoms with Gasteiger partial charge in [-0.25, -0.2) is 0 Å². The highest BCUT2D eigenvalue weighted by atomic mass is 16.5. The van der Waals surface area contributed by atoms with Crippen molar-refractivity contribution in [1.82, 2.24) is 5.32 Å². The highest BCUT2D eigenvalue weighted by molar-refractivity contribution is 5.37. The van der Waals surface area contributed by atoms with E-state index in [1.165, 1.54) is 24.0 Å². The van der Waals surface area contributed by atoms with Crippen LogP contribution in [0.2, 0.25) is 0 Å². The van der Waals surface area contributed by atoms with Crippen LogP contribution in [0.25, 0.3) is 0 Å². The van der Waals surface area contributed by atoms with E-state index in [0.29, 0.717) is 6.04 Å². The van der Waals surface area contributed by atoms with Gasteiger partial charge >= 0.3 is 0 Å². The first kappa shape index (κ1) is 13.4. The monoisotopic (exact) mass is 248 g/mol. The standard InChI is InChI=1S/C15H24N2O/c1-3-11-4-5-15(18-2)13(6-11)10-17-9-12-7-14(16)8-12/h4-6,12,14,17H,3,7-10,16H2,1-2H3. The molecule has 0 aliphatic heterocycles. The molecule has 0 unspecified atom stereocenters. The van der Waals surface area contributed by atoms with E-state index in [1.54, 1.807) is 7.11 Å². The Hall–Kier alpha value is -1.06. The zero-order valence-electron chi connectivity index (χ0n) is 11.4. The fourth-order valence-electron chi connectivity index (χ4n) is 2.55. The van der Waals surface area contributed by atoms with Gasteiger partial charge in [-0.05, 0) is 43.4 Å². The van der Waals surface area contributed by atoms with Gasteiger partial charge in [-0.2, -0.15) is 0 Å². The molecule has 18 heavy (non-hydrogen) atoms. The number of ether oxygens (including phenoxy) is 1. The van der Waals surface area contributed by atoms with Gasteiger partial charge in [0, 0.05) is 18.2 Å². The average molecular weight is 248 g/mol. The summed E-state index contributed by atoms with van der Waals surface area (Å²) in [5, 5.41) is 3.51. The minimum Gasteiger partial charge on any atom is -0.496 e. The van der Waals surface area contributed by atoms with Gasteiger partial charge in [0.25, 0.3) is 0 Å². The molecule has 1 fully saturated rings. The summed E-state index contributed by atoms with van der Waals surface area (Å²) in [5.74, 6) is 1.74. The largest absolute Gasteiger partial charge is 0.496 e. The quantitative estimate of drug-likeness (QED) is 0.810. The third kappa shape index (κ3) is 3.24. The molecule has 100 valence electrons. The molecule has 2 rings (SSSR count). The van der Waals surface area contributed by atoms with Crippen molar-refractivity contribution in [2.45, 2.75) is 38.8 Å². The molecule has 1 aromatic carbocycles. The van der Waals surface area contributed by atoms with E-state index in [9.17, 15) is 0 Å². The van der Waals surface area contributed by atoms with Gasteiger partial charge in [0.05, 0.1) is 7.11 Å². The van der Waals surface area contributed by atoms with Crippen LogP contribution in [-0.4, -0.2) is 19.7 Å². The molecule has 3 nitrogen and oxygen atoms in total. The number of nitrogens with two attached hydrogens (primary N) is 1. The molecule has 0 atom stereocenters. The molecule has 0 aromatic heterocycles. The van der Waals surface area contributed by atoms with Crippen molar-refractivity contribution in [3.63, 3.8) is 0 Å². The zero-order valence-corrected chi connectivity index (χ0v) is 11.4. The van der Waals surface area contributed by atoms with Crippen LogP contribution >= 0.6 is 0 Å². The minimum atomic E-state index is 0.440. The second kappa shape index (κ2) is 6.21. The molecule has 1 aliphatic rings. The molecule has 0 radical (unpaired) electrons. The molecule has 3 heteroatoms. The molecule has 1 aromatic rings. The maximum absolute atomic E-state index is 5.79. The van der Waals surface area contributed by atoms with Crippen LogP contribution in [0.4, 0.5) is 0 Å². The van der Waals surface area contributed by atoms with Crippen molar-refractivity contribution in [3.05, 3.63) is 29.3 Å². The second-order valence-electron chi connectivity index (χ2n) is 5.23. The Morgan fingerprint density at radius 1 is 1.39 bits per heavy atom. The van der Waals surface area contributed by atoms with Crippen LogP contribution in [0.1, 0.15) is 30.9 Å². The topological polar surface area (TPSA) is 47.3 Å². The smallest absolute Gasteiger partial charge is 0.123 e. The summed E-state index contributed by atoms with van der Waals surface area (Å²) in [5.41, 5.74) is 8.40. The van der Waals surface area contributed by atoms with Crippen molar-refractivity contribution in [2.24, 2.45) is 11.7 Å². The van der Waals surface area contributed by atoms with E-state index >= 15 is 0 Å². The Kier molecular flexibility index (Phi) is 4.61. The van der Waals surface area contributed by atoms with Crippen LogP contribution < -0.4 is 15.8 Å². The first-order valence-electron chi connectivity index (χ1n) is 6.85. The predicted molar refractivity (Wildman–Crippen MR) is 74.8 cm³/mol. The molecule has 0 amide bonds. The van der Waals surface area contributed by atoms with E-state index in [4.69, 9.17) is 10.5 Å². The number of hydrogen-bond acceptors (Lipinski definition) is 3. The van der Waals surface area contributed by atoms with Crippen LogP contribution in [-0.2, 0) is 13.0 Å².